The van der Waals surface area contributed by atoms with E-state index in [9.17, 15) is 9.59 Å². The predicted octanol–water partition coefficient (Wildman–Crippen LogP) is 2.65. The maximum absolute atomic E-state index is 12.0. The molecular weight excluding hydrogens is 216 g/mol. The molecule has 1 fully saturated rings. The lowest BCUT2D eigenvalue weighted by atomic mass is 9.81. The average Bonchev–Trinajstić information content (AvgIpc) is 2.70. The highest BCUT2D eigenvalue weighted by Crippen LogP contribution is 2.37. The van der Waals surface area contributed by atoms with Crippen LogP contribution in [0.15, 0.2) is 11.6 Å². The molecule has 2 rings (SSSR count). The van der Waals surface area contributed by atoms with Gasteiger partial charge in [0.1, 0.15) is 11.7 Å². The second-order valence-electron chi connectivity index (χ2n) is 4.91. The minimum absolute atomic E-state index is 0.0781. The van der Waals surface area contributed by atoms with Crippen LogP contribution in [0.2, 0.25) is 0 Å². The molecule has 1 saturated carbocycles. The van der Waals surface area contributed by atoms with Crippen molar-refractivity contribution in [3.05, 3.63) is 11.6 Å². The Hall–Kier alpha value is -1.12. The summed E-state index contributed by atoms with van der Waals surface area (Å²) in [5.74, 6) is -0.310. The number of ketones is 1. The van der Waals surface area contributed by atoms with Crippen LogP contribution >= 0.6 is 0 Å². The first kappa shape index (κ1) is 12.3. The van der Waals surface area contributed by atoms with Crippen molar-refractivity contribution in [1.29, 1.82) is 0 Å². The highest BCUT2D eigenvalue weighted by atomic mass is 16.5. The molecule has 0 aliphatic heterocycles. The summed E-state index contributed by atoms with van der Waals surface area (Å²) in [6.07, 6.45) is 7.60. The van der Waals surface area contributed by atoms with Crippen LogP contribution in [0.5, 0.6) is 0 Å². The normalized spacial score (nSPS) is 29.0. The van der Waals surface area contributed by atoms with E-state index in [1.807, 2.05) is 0 Å². The molecule has 0 amide bonds. The molecule has 2 atom stereocenters. The molecule has 0 aromatic rings. The van der Waals surface area contributed by atoms with Gasteiger partial charge in [0.25, 0.3) is 0 Å². The zero-order valence-electron chi connectivity index (χ0n) is 10.4. The molecule has 0 spiro atoms. The van der Waals surface area contributed by atoms with Crippen molar-refractivity contribution in [1.82, 2.24) is 0 Å². The Kier molecular flexibility index (Phi) is 3.97. The van der Waals surface area contributed by atoms with Crippen molar-refractivity contribution >= 4 is 11.8 Å². The Bertz CT molecular complexity index is 335. The molecule has 94 valence electrons. The Morgan fingerprint density at radius 3 is 3.06 bits per heavy atom. The molecule has 3 nitrogen and oxygen atoms in total. The first-order valence-corrected chi connectivity index (χ1v) is 6.60. The molecule has 0 aromatic heterocycles. The van der Waals surface area contributed by atoms with Crippen LogP contribution < -0.4 is 0 Å². The van der Waals surface area contributed by atoms with Gasteiger partial charge in [-0.2, -0.15) is 0 Å². The molecule has 17 heavy (non-hydrogen) atoms. The summed E-state index contributed by atoms with van der Waals surface area (Å²) in [5, 5.41) is 0. The molecule has 0 bridgehead atoms. The fourth-order valence-corrected chi connectivity index (χ4v) is 2.92. The standard InChI is InChI=1S/C14H20O3/c1-2-17-14(16)12-9-11-7-3-5-10(11)6-4-8-13(12)15/h5,11-12H,2-4,6-9H2,1H3. The van der Waals surface area contributed by atoms with Crippen molar-refractivity contribution in [2.24, 2.45) is 11.8 Å². The topological polar surface area (TPSA) is 43.4 Å². The number of carbonyl (C=O) groups is 2. The van der Waals surface area contributed by atoms with Crippen molar-refractivity contribution in [3.8, 4) is 0 Å². The van der Waals surface area contributed by atoms with E-state index in [1.165, 1.54) is 5.57 Å². The van der Waals surface area contributed by atoms with Crippen LogP contribution in [-0.2, 0) is 14.3 Å². The number of esters is 1. The molecule has 0 N–H and O–H groups in total. The molecular formula is C14H20O3. The van der Waals surface area contributed by atoms with Crippen molar-refractivity contribution in [2.45, 2.75) is 45.4 Å². The molecule has 2 aliphatic rings. The monoisotopic (exact) mass is 236 g/mol. The average molecular weight is 236 g/mol. The molecule has 2 unspecified atom stereocenters. The lowest BCUT2D eigenvalue weighted by Gasteiger charge is -2.23. The van der Waals surface area contributed by atoms with Gasteiger partial charge in [-0.1, -0.05) is 11.6 Å². The highest BCUT2D eigenvalue weighted by Gasteiger charge is 2.34. The Labute approximate surface area is 102 Å². The van der Waals surface area contributed by atoms with Crippen LogP contribution in [0.4, 0.5) is 0 Å². The van der Waals surface area contributed by atoms with Gasteiger partial charge in [-0.25, -0.2) is 0 Å². The number of rotatable bonds is 2. The van der Waals surface area contributed by atoms with E-state index in [4.69, 9.17) is 4.74 Å². The Morgan fingerprint density at radius 2 is 2.29 bits per heavy atom. The van der Waals surface area contributed by atoms with Crippen LogP contribution in [0.3, 0.4) is 0 Å². The van der Waals surface area contributed by atoms with E-state index in [2.05, 4.69) is 6.08 Å². The van der Waals surface area contributed by atoms with Crippen LogP contribution in [0.1, 0.15) is 45.4 Å². The van der Waals surface area contributed by atoms with E-state index < -0.39 is 5.92 Å². The number of hydrogen-bond donors (Lipinski definition) is 0. The number of Topliss-reactive ketones (excluding diaryl/α,β-unsaturated/α-hetero) is 1. The van der Waals surface area contributed by atoms with Gasteiger partial charge in [0.05, 0.1) is 6.61 Å². The van der Waals surface area contributed by atoms with E-state index >= 15 is 0 Å². The number of hydrogen-bond acceptors (Lipinski definition) is 3. The third-order valence-corrected chi connectivity index (χ3v) is 3.81. The summed E-state index contributed by atoms with van der Waals surface area (Å²) in [6.45, 7) is 2.14. The third kappa shape index (κ3) is 2.76. The van der Waals surface area contributed by atoms with Gasteiger partial charge in [-0.3, -0.25) is 9.59 Å². The van der Waals surface area contributed by atoms with Crippen LogP contribution in [-0.4, -0.2) is 18.4 Å². The van der Waals surface area contributed by atoms with E-state index in [-0.39, 0.29) is 11.8 Å². The second-order valence-corrected chi connectivity index (χ2v) is 4.91. The first-order valence-electron chi connectivity index (χ1n) is 6.60. The number of ether oxygens (including phenoxy) is 1. The summed E-state index contributed by atoms with van der Waals surface area (Å²) in [7, 11) is 0. The molecule has 0 saturated heterocycles. The highest BCUT2D eigenvalue weighted by molar-refractivity contribution is 5.99. The van der Waals surface area contributed by atoms with Gasteiger partial charge < -0.3 is 4.74 Å². The van der Waals surface area contributed by atoms with E-state index in [1.54, 1.807) is 6.92 Å². The van der Waals surface area contributed by atoms with Gasteiger partial charge in [0.2, 0.25) is 0 Å². The summed E-state index contributed by atoms with van der Waals surface area (Å²) in [5.41, 5.74) is 1.46. The van der Waals surface area contributed by atoms with E-state index in [0.717, 1.165) is 25.7 Å². The summed E-state index contributed by atoms with van der Waals surface area (Å²) in [6, 6.07) is 0. The van der Waals surface area contributed by atoms with Gasteiger partial charge in [-0.15, -0.1) is 0 Å². The van der Waals surface area contributed by atoms with Gasteiger partial charge in [-0.05, 0) is 44.9 Å². The van der Waals surface area contributed by atoms with Gasteiger partial charge in [0.15, 0.2) is 0 Å². The molecule has 2 aliphatic carbocycles. The zero-order chi connectivity index (χ0) is 12.3. The lowest BCUT2D eigenvalue weighted by molar-refractivity contribution is -0.152. The van der Waals surface area contributed by atoms with Crippen LogP contribution in [0.25, 0.3) is 0 Å². The van der Waals surface area contributed by atoms with E-state index in [0.29, 0.717) is 25.4 Å². The summed E-state index contributed by atoms with van der Waals surface area (Å²) >= 11 is 0. The maximum Gasteiger partial charge on any atom is 0.316 e. The minimum atomic E-state index is -0.512. The lowest BCUT2D eigenvalue weighted by Crippen LogP contribution is -2.29. The fraction of sp³-hybridized carbons (Fsp3) is 0.714. The fourth-order valence-electron chi connectivity index (χ4n) is 2.92. The largest absolute Gasteiger partial charge is 0.465 e. The first-order chi connectivity index (χ1) is 8.22. The number of fused-ring (bicyclic) bond motifs is 1. The Balaban J connectivity index is 2.09. The molecule has 3 heteroatoms. The third-order valence-electron chi connectivity index (χ3n) is 3.81. The second kappa shape index (κ2) is 5.48. The zero-order valence-corrected chi connectivity index (χ0v) is 10.4. The number of allylic oxidation sites excluding steroid dienone is 2. The maximum atomic E-state index is 12.0. The predicted molar refractivity (Wildman–Crippen MR) is 64.4 cm³/mol. The minimum Gasteiger partial charge on any atom is -0.465 e. The van der Waals surface area contributed by atoms with Crippen molar-refractivity contribution in [3.63, 3.8) is 0 Å². The van der Waals surface area contributed by atoms with Gasteiger partial charge in [0, 0.05) is 6.42 Å². The quantitative estimate of drug-likeness (QED) is 0.420. The van der Waals surface area contributed by atoms with Gasteiger partial charge >= 0.3 is 5.97 Å². The smallest absolute Gasteiger partial charge is 0.316 e. The Morgan fingerprint density at radius 1 is 1.47 bits per heavy atom. The van der Waals surface area contributed by atoms with Crippen molar-refractivity contribution < 1.29 is 14.3 Å². The molecule has 0 heterocycles. The summed E-state index contributed by atoms with van der Waals surface area (Å²) < 4.78 is 5.02. The SMILES string of the molecule is CCOC(=O)C1CC2CCC=C2CCCC1=O. The number of carbonyl (C=O) groups excluding carboxylic acids is 2. The summed E-state index contributed by atoms with van der Waals surface area (Å²) in [4.78, 5) is 23.8. The molecule has 0 aromatic carbocycles. The van der Waals surface area contributed by atoms with Crippen LogP contribution in [0, 0.1) is 11.8 Å². The van der Waals surface area contributed by atoms with Crippen molar-refractivity contribution in [2.75, 3.05) is 6.61 Å². The molecule has 0 radical (unpaired) electrons.